The number of aliphatic hydroxyl groups is 1. The van der Waals surface area contributed by atoms with E-state index in [9.17, 15) is 19.8 Å². The van der Waals surface area contributed by atoms with E-state index in [-0.39, 0.29) is 17.2 Å². The van der Waals surface area contributed by atoms with Gasteiger partial charge in [-0.15, -0.1) is 0 Å². The Morgan fingerprint density at radius 3 is 2.63 bits per heavy atom. The van der Waals surface area contributed by atoms with Crippen LogP contribution in [0.15, 0.2) is 59.4 Å². The lowest BCUT2D eigenvalue weighted by Crippen LogP contribution is -2.39. The summed E-state index contributed by atoms with van der Waals surface area (Å²) >= 11 is 0. The van der Waals surface area contributed by atoms with E-state index in [4.69, 9.17) is 0 Å². The zero-order valence-corrected chi connectivity index (χ0v) is 19.9. The number of carbonyl (C=O) groups is 1. The summed E-state index contributed by atoms with van der Waals surface area (Å²) < 4.78 is 0. The van der Waals surface area contributed by atoms with Crippen molar-refractivity contribution in [2.24, 2.45) is 5.92 Å². The molecule has 0 spiro atoms. The fourth-order valence-electron chi connectivity index (χ4n) is 4.64. The highest BCUT2D eigenvalue weighted by atomic mass is 16.3. The number of rotatable bonds is 10. The van der Waals surface area contributed by atoms with Gasteiger partial charge in [-0.1, -0.05) is 36.4 Å². The molecule has 8 heteroatoms. The normalized spacial score (nSPS) is 15.8. The van der Waals surface area contributed by atoms with E-state index in [1.807, 2.05) is 30.3 Å². The van der Waals surface area contributed by atoms with Gasteiger partial charge in [0.15, 0.2) is 0 Å². The van der Waals surface area contributed by atoms with Crippen molar-refractivity contribution in [1.82, 2.24) is 20.5 Å². The summed E-state index contributed by atoms with van der Waals surface area (Å²) in [6.07, 6.45) is 1.86. The van der Waals surface area contributed by atoms with Gasteiger partial charge >= 0.3 is 0 Å². The standard InChI is InChI=1S/C27H34N4O4/c32-23-8-6-21(22-7-9-26(35)30-27(22)23)24(33)18-28-16-20-10-13-31(14-11-20)15-12-25(34)29-17-19-4-2-1-3-5-19/h1-9,20,24,28,32-33H,10-18H2,(H,29,34)(H,30,35). The highest BCUT2D eigenvalue weighted by Gasteiger charge is 2.20. The third kappa shape index (κ3) is 6.91. The SMILES string of the molecule is O=C(CCN1CCC(CNCC(O)c2ccc(O)c3[nH]c(=O)ccc23)CC1)NCc1ccccc1. The third-order valence-corrected chi connectivity index (χ3v) is 6.73. The molecule has 1 amide bonds. The number of amides is 1. The van der Waals surface area contributed by atoms with Crippen LogP contribution in [0, 0.1) is 5.92 Å². The van der Waals surface area contributed by atoms with Gasteiger partial charge < -0.3 is 30.7 Å². The highest BCUT2D eigenvalue weighted by molar-refractivity contribution is 5.87. The number of phenolic OH excluding ortho intramolecular Hbond substituents is 1. The van der Waals surface area contributed by atoms with E-state index in [2.05, 4.69) is 20.5 Å². The van der Waals surface area contributed by atoms with Gasteiger partial charge in [-0.05, 0) is 61.7 Å². The number of fused-ring (bicyclic) bond motifs is 1. The van der Waals surface area contributed by atoms with Crippen LogP contribution in [0.3, 0.4) is 0 Å². The molecule has 186 valence electrons. The van der Waals surface area contributed by atoms with Gasteiger partial charge in [-0.3, -0.25) is 9.59 Å². The predicted octanol–water partition coefficient (Wildman–Crippen LogP) is 2.28. The van der Waals surface area contributed by atoms with Crippen LogP contribution in [0.4, 0.5) is 0 Å². The zero-order chi connectivity index (χ0) is 24.6. The number of hydrogen-bond donors (Lipinski definition) is 5. The monoisotopic (exact) mass is 478 g/mol. The fourth-order valence-corrected chi connectivity index (χ4v) is 4.64. The summed E-state index contributed by atoms with van der Waals surface area (Å²) in [4.78, 5) is 28.7. The highest BCUT2D eigenvalue weighted by Crippen LogP contribution is 2.28. The second kappa shape index (κ2) is 12.0. The first-order valence-electron chi connectivity index (χ1n) is 12.3. The molecule has 0 saturated carbocycles. The van der Waals surface area contributed by atoms with Crippen molar-refractivity contribution in [2.75, 3.05) is 32.7 Å². The summed E-state index contributed by atoms with van der Waals surface area (Å²) in [6, 6.07) is 16.1. The molecule has 5 N–H and O–H groups in total. The summed E-state index contributed by atoms with van der Waals surface area (Å²) in [5.41, 5.74) is 1.82. The zero-order valence-electron chi connectivity index (χ0n) is 19.9. The quantitative estimate of drug-likeness (QED) is 0.305. The molecule has 1 aliphatic rings. The average molecular weight is 479 g/mol. The Kier molecular flexibility index (Phi) is 8.52. The Morgan fingerprint density at radius 2 is 1.86 bits per heavy atom. The maximum absolute atomic E-state index is 12.2. The van der Waals surface area contributed by atoms with Gasteiger partial charge in [-0.25, -0.2) is 0 Å². The number of aromatic nitrogens is 1. The summed E-state index contributed by atoms with van der Waals surface area (Å²) in [5, 5.41) is 27.7. The summed E-state index contributed by atoms with van der Waals surface area (Å²) in [7, 11) is 0. The number of piperidine rings is 1. The topological polar surface area (TPSA) is 118 Å². The Hall–Kier alpha value is -3.20. The molecular weight excluding hydrogens is 444 g/mol. The number of aromatic amines is 1. The maximum Gasteiger partial charge on any atom is 0.248 e. The van der Waals surface area contributed by atoms with Gasteiger partial charge in [0.05, 0.1) is 11.6 Å². The van der Waals surface area contributed by atoms with Crippen LogP contribution in [0.1, 0.15) is 36.5 Å². The van der Waals surface area contributed by atoms with Crippen molar-refractivity contribution >= 4 is 16.8 Å². The molecule has 0 radical (unpaired) electrons. The molecule has 1 saturated heterocycles. The van der Waals surface area contributed by atoms with Crippen molar-refractivity contribution in [2.45, 2.75) is 31.9 Å². The van der Waals surface area contributed by atoms with E-state index in [1.165, 1.54) is 12.1 Å². The molecule has 1 aliphatic heterocycles. The Bertz CT molecular complexity index is 1170. The Morgan fingerprint density at radius 1 is 1.09 bits per heavy atom. The van der Waals surface area contributed by atoms with Gasteiger partial charge in [0, 0.05) is 37.5 Å². The smallest absolute Gasteiger partial charge is 0.248 e. The van der Waals surface area contributed by atoms with Crippen LogP contribution in [0.5, 0.6) is 5.75 Å². The maximum atomic E-state index is 12.2. The van der Waals surface area contributed by atoms with Crippen LogP contribution in [-0.4, -0.2) is 58.7 Å². The number of hydrogen-bond acceptors (Lipinski definition) is 6. The summed E-state index contributed by atoms with van der Waals surface area (Å²) in [5.74, 6) is 0.595. The number of aliphatic hydroxyl groups excluding tert-OH is 1. The minimum atomic E-state index is -0.751. The summed E-state index contributed by atoms with van der Waals surface area (Å²) in [6.45, 7) is 4.48. The van der Waals surface area contributed by atoms with Crippen LogP contribution < -0.4 is 16.2 Å². The number of aromatic hydroxyl groups is 1. The predicted molar refractivity (Wildman–Crippen MR) is 136 cm³/mol. The van der Waals surface area contributed by atoms with Crippen molar-refractivity contribution in [1.29, 1.82) is 0 Å². The van der Waals surface area contributed by atoms with Crippen molar-refractivity contribution in [3.05, 3.63) is 76.1 Å². The number of likely N-dealkylation sites (tertiary alicyclic amines) is 1. The number of nitrogens with one attached hydrogen (secondary N) is 3. The molecule has 1 unspecified atom stereocenters. The number of pyridine rings is 1. The molecule has 0 bridgehead atoms. The molecule has 2 aromatic carbocycles. The lowest BCUT2D eigenvalue weighted by Gasteiger charge is -2.32. The number of phenols is 1. The van der Waals surface area contributed by atoms with Gasteiger partial charge in [0.2, 0.25) is 11.5 Å². The van der Waals surface area contributed by atoms with Crippen molar-refractivity contribution in [3.8, 4) is 5.75 Å². The van der Waals surface area contributed by atoms with Crippen LogP contribution in [0.25, 0.3) is 10.9 Å². The lowest BCUT2D eigenvalue weighted by atomic mass is 9.96. The number of benzene rings is 2. The first-order chi connectivity index (χ1) is 17.0. The van der Waals surface area contributed by atoms with Crippen molar-refractivity contribution in [3.63, 3.8) is 0 Å². The molecule has 1 atom stereocenters. The molecule has 0 aliphatic carbocycles. The Labute approximate surface area is 205 Å². The number of H-pyrrole nitrogens is 1. The first-order valence-corrected chi connectivity index (χ1v) is 12.3. The van der Waals surface area contributed by atoms with E-state index >= 15 is 0 Å². The second-order valence-corrected chi connectivity index (χ2v) is 9.26. The van der Waals surface area contributed by atoms with Gasteiger partial charge in [-0.2, -0.15) is 0 Å². The van der Waals surface area contributed by atoms with E-state index in [0.717, 1.165) is 44.6 Å². The third-order valence-electron chi connectivity index (χ3n) is 6.73. The Balaban J connectivity index is 1.15. The molecule has 3 aromatic rings. The van der Waals surface area contributed by atoms with Crippen LogP contribution in [0.2, 0.25) is 0 Å². The van der Waals surface area contributed by atoms with Gasteiger partial charge in [0.25, 0.3) is 0 Å². The largest absolute Gasteiger partial charge is 0.506 e. The van der Waals surface area contributed by atoms with Gasteiger partial charge in [0.1, 0.15) is 5.75 Å². The molecule has 8 nitrogen and oxygen atoms in total. The minimum absolute atomic E-state index is 0.0120. The first kappa shape index (κ1) is 24.9. The molecule has 4 rings (SSSR count). The van der Waals surface area contributed by atoms with Crippen molar-refractivity contribution < 1.29 is 15.0 Å². The molecular formula is C27H34N4O4. The van der Waals surface area contributed by atoms with E-state index in [1.54, 1.807) is 12.1 Å². The molecule has 1 aromatic heterocycles. The molecule has 1 fully saturated rings. The van der Waals surface area contributed by atoms with Crippen LogP contribution >= 0.6 is 0 Å². The van der Waals surface area contributed by atoms with E-state index in [0.29, 0.717) is 41.9 Å². The van der Waals surface area contributed by atoms with E-state index < -0.39 is 6.10 Å². The second-order valence-electron chi connectivity index (χ2n) is 9.26. The molecule has 2 heterocycles. The minimum Gasteiger partial charge on any atom is -0.506 e. The number of carbonyl (C=O) groups excluding carboxylic acids is 1. The average Bonchev–Trinajstić information content (AvgIpc) is 2.88. The number of nitrogens with zero attached hydrogens (tertiary/aromatic N) is 1. The molecule has 35 heavy (non-hydrogen) atoms. The lowest BCUT2D eigenvalue weighted by molar-refractivity contribution is -0.121. The van der Waals surface area contributed by atoms with Crippen LogP contribution in [-0.2, 0) is 11.3 Å². The fraction of sp³-hybridized carbons (Fsp3) is 0.407.